The molecule has 20 heavy (non-hydrogen) atoms. The van der Waals surface area contributed by atoms with E-state index in [9.17, 15) is 0 Å². The van der Waals surface area contributed by atoms with Crippen LogP contribution in [-0.4, -0.2) is 16.5 Å². The van der Waals surface area contributed by atoms with Gasteiger partial charge in [-0.15, -0.1) is 0 Å². The van der Waals surface area contributed by atoms with Crippen LogP contribution in [0.4, 0.5) is 17.3 Å². The number of rotatable bonds is 4. The van der Waals surface area contributed by atoms with Crippen molar-refractivity contribution in [2.45, 2.75) is 6.92 Å². The summed E-state index contributed by atoms with van der Waals surface area (Å²) in [6.45, 7) is 1.95. The zero-order chi connectivity index (χ0) is 14.4. The summed E-state index contributed by atoms with van der Waals surface area (Å²) in [7, 11) is 0. The standard InChI is InChI=1S/C14H12N6/c1-10-18-13(17-6-5-15)8-14(19-10)20-12-4-2-3-11(7-12)9-16/h2-4,7-8H,6H2,1H3,(H2,17,18,19,20). The molecule has 0 fully saturated rings. The smallest absolute Gasteiger partial charge is 0.136 e. The number of anilines is 3. The lowest BCUT2D eigenvalue weighted by atomic mass is 10.2. The lowest BCUT2D eigenvalue weighted by Crippen LogP contribution is -2.05. The van der Waals surface area contributed by atoms with E-state index in [0.29, 0.717) is 23.0 Å². The molecule has 1 heterocycles. The van der Waals surface area contributed by atoms with Crippen LogP contribution in [0.3, 0.4) is 0 Å². The Hall–Kier alpha value is -3.12. The maximum Gasteiger partial charge on any atom is 0.136 e. The fourth-order valence-corrected chi connectivity index (χ4v) is 1.67. The number of aromatic nitrogens is 2. The van der Waals surface area contributed by atoms with E-state index in [4.69, 9.17) is 10.5 Å². The van der Waals surface area contributed by atoms with Gasteiger partial charge < -0.3 is 10.6 Å². The number of nitrogens with one attached hydrogen (secondary N) is 2. The Morgan fingerprint density at radius 2 is 1.95 bits per heavy atom. The van der Waals surface area contributed by atoms with Crippen LogP contribution in [0.1, 0.15) is 11.4 Å². The van der Waals surface area contributed by atoms with Gasteiger partial charge in [-0.2, -0.15) is 10.5 Å². The molecule has 0 bridgehead atoms. The Kier molecular flexibility index (Phi) is 4.10. The van der Waals surface area contributed by atoms with E-state index < -0.39 is 0 Å². The highest BCUT2D eigenvalue weighted by atomic mass is 15.1. The third-order valence-corrected chi connectivity index (χ3v) is 2.45. The largest absolute Gasteiger partial charge is 0.357 e. The van der Waals surface area contributed by atoms with Crippen molar-refractivity contribution in [3.8, 4) is 12.1 Å². The molecule has 1 aromatic carbocycles. The summed E-state index contributed by atoms with van der Waals surface area (Å²) < 4.78 is 0. The van der Waals surface area contributed by atoms with Crippen LogP contribution in [0.5, 0.6) is 0 Å². The van der Waals surface area contributed by atoms with Crippen molar-refractivity contribution in [1.29, 1.82) is 10.5 Å². The molecule has 6 heteroatoms. The molecule has 2 aromatic rings. The molecule has 98 valence electrons. The number of nitriles is 2. The van der Waals surface area contributed by atoms with Gasteiger partial charge in [-0.05, 0) is 25.1 Å². The molecule has 0 unspecified atom stereocenters. The summed E-state index contributed by atoms with van der Waals surface area (Å²) >= 11 is 0. The minimum absolute atomic E-state index is 0.180. The molecule has 0 aliphatic heterocycles. The molecule has 1 aromatic heterocycles. The predicted molar refractivity (Wildman–Crippen MR) is 75.3 cm³/mol. The first-order valence-corrected chi connectivity index (χ1v) is 5.95. The van der Waals surface area contributed by atoms with Gasteiger partial charge in [0.1, 0.15) is 24.0 Å². The molecule has 0 saturated carbocycles. The van der Waals surface area contributed by atoms with Gasteiger partial charge in [-0.3, -0.25) is 0 Å². The molecule has 0 spiro atoms. The third kappa shape index (κ3) is 3.44. The summed E-state index contributed by atoms with van der Waals surface area (Å²) in [5, 5.41) is 23.4. The summed E-state index contributed by atoms with van der Waals surface area (Å²) in [4.78, 5) is 8.45. The van der Waals surface area contributed by atoms with E-state index >= 15 is 0 Å². The minimum atomic E-state index is 0.180. The van der Waals surface area contributed by atoms with E-state index in [0.717, 1.165) is 5.69 Å². The zero-order valence-corrected chi connectivity index (χ0v) is 10.9. The van der Waals surface area contributed by atoms with Crippen molar-refractivity contribution < 1.29 is 0 Å². The van der Waals surface area contributed by atoms with Gasteiger partial charge in [0.25, 0.3) is 0 Å². The monoisotopic (exact) mass is 264 g/mol. The van der Waals surface area contributed by atoms with Crippen molar-refractivity contribution in [2.75, 3.05) is 17.2 Å². The Morgan fingerprint density at radius 1 is 1.15 bits per heavy atom. The van der Waals surface area contributed by atoms with E-state index in [1.54, 1.807) is 31.2 Å². The molecular weight excluding hydrogens is 252 g/mol. The van der Waals surface area contributed by atoms with Gasteiger partial charge in [0.2, 0.25) is 0 Å². The van der Waals surface area contributed by atoms with Crippen molar-refractivity contribution in [3.63, 3.8) is 0 Å². The van der Waals surface area contributed by atoms with Crippen LogP contribution >= 0.6 is 0 Å². The Morgan fingerprint density at radius 3 is 2.70 bits per heavy atom. The van der Waals surface area contributed by atoms with E-state index in [1.165, 1.54) is 0 Å². The second-order valence-corrected chi connectivity index (χ2v) is 4.01. The average Bonchev–Trinajstić information content (AvgIpc) is 2.44. The number of aryl methyl sites for hydroxylation is 1. The quantitative estimate of drug-likeness (QED) is 0.822. The Labute approximate surface area is 116 Å². The number of benzene rings is 1. The van der Waals surface area contributed by atoms with Crippen molar-refractivity contribution in [3.05, 3.63) is 41.7 Å². The highest BCUT2D eigenvalue weighted by Crippen LogP contribution is 2.18. The van der Waals surface area contributed by atoms with E-state index in [2.05, 4.69) is 26.7 Å². The fourth-order valence-electron chi connectivity index (χ4n) is 1.67. The van der Waals surface area contributed by atoms with Crippen molar-refractivity contribution >= 4 is 17.3 Å². The molecule has 0 amide bonds. The topological polar surface area (TPSA) is 97.4 Å². The molecule has 2 N–H and O–H groups in total. The van der Waals surface area contributed by atoms with Crippen LogP contribution in [0.25, 0.3) is 0 Å². The van der Waals surface area contributed by atoms with Crippen LogP contribution in [0.2, 0.25) is 0 Å². The SMILES string of the molecule is Cc1nc(NCC#N)cc(Nc2cccc(C#N)c2)n1. The first-order chi connectivity index (χ1) is 9.71. The van der Waals surface area contributed by atoms with Crippen LogP contribution < -0.4 is 10.6 Å². The number of hydrogen-bond acceptors (Lipinski definition) is 6. The second kappa shape index (κ2) is 6.17. The van der Waals surface area contributed by atoms with Crippen LogP contribution in [0, 0.1) is 29.6 Å². The van der Waals surface area contributed by atoms with Gasteiger partial charge in [0, 0.05) is 11.8 Å². The van der Waals surface area contributed by atoms with Gasteiger partial charge >= 0.3 is 0 Å². The lowest BCUT2D eigenvalue weighted by Gasteiger charge is -2.09. The van der Waals surface area contributed by atoms with Gasteiger partial charge in [-0.25, -0.2) is 9.97 Å². The maximum atomic E-state index is 8.87. The Balaban J connectivity index is 2.22. The average molecular weight is 264 g/mol. The normalized spacial score (nSPS) is 9.35. The minimum Gasteiger partial charge on any atom is -0.357 e. The van der Waals surface area contributed by atoms with E-state index in [-0.39, 0.29) is 6.54 Å². The van der Waals surface area contributed by atoms with Gasteiger partial charge in [-0.1, -0.05) is 6.07 Å². The molecule has 0 aliphatic rings. The molecule has 2 rings (SSSR count). The third-order valence-electron chi connectivity index (χ3n) is 2.45. The second-order valence-electron chi connectivity index (χ2n) is 4.01. The van der Waals surface area contributed by atoms with Crippen LogP contribution in [-0.2, 0) is 0 Å². The highest BCUT2D eigenvalue weighted by molar-refractivity contribution is 5.61. The van der Waals surface area contributed by atoms with Crippen molar-refractivity contribution in [2.24, 2.45) is 0 Å². The van der Waals surface area contributed by atoms with Gasteiger partial charge in [0.05, 0.1) is 17.7 Å². The summed E-state index contributed by atoms with van der Waals surface area (Å²) in [5.41, 5.74) is 1.34. The highest BCUT2D eigenvalue weighted by Gasteiger charge is 2.02. The predicted octanol–water partition coefficient (Wildman–Crippen LogP) is 2.34. The molecular formula is C14H12N6. The van der Waals surface area contributed by atoms with Crippen molar-refractivity contribution in [1.82, 2.24) is 9.97 Å². The summed E-state index contributed by atoms with van der Waals surface area (Å²) in [6, 6.07) is 12.9. The van der Waals surface area contributed by atoms with Crippen LogP contribution in [0.15, 0.2) is 30.3 Å². The number of hydrogen-bond donors (Lipinski definition) is 2. The maximum absolute atomic E-state index is 8.87. The Bertz CT molecular complexity index is 696. The molecule has 6 nitrogen and oxygen atoms in total. The number of nitrogens with zero attached hydrogens (tertiary/aromatic N) is 4. The molecule has 0 radical (unpaired) electrons. The molecule has 0 atom stereocenters. The fraction of sp³-hybridized carbons (Fsp3) is 0.143. The van der Waals surface area contributed by atoms with Gasteiger partial charge in [0.15, 0.2) is 0 Å². The summed E-state index contributed by atoms with van der Waals surface area (Å²) in [5.74, 6) is 1.78. The summed E-state index contributed by atoms with van der Waals surface area (Å²) in [6.07, 6.45) is 0. The first-order valence-electron chi connectivity index (χ1n) is 5.95. The molecule has 0 saturated heterocycles. The molecule has 0 aliphatic carbocycles. The first kappa shape index (κ1) is 13.3. The lowest BCUT2D eigenvalue weighted by molar-refractivity contribution is 1.05. The zero-order valence-electron chi connectivity index (χ0n) is 10.9. The van der Waals surface area contributed by atoms with E-state index in [1.807, 2.05) is 12.1 Å².